The van der Waals surface area contributed by atoms with Crippen molar-refractivity contribution in [2.75, 3.05) is 18.0 Å². The van der Waals surface area contributed by atoms with E-state index in [0.717, 1.165) is 60.9 Å². The first-order chi connectivity index (χ1) is 11.7. The Morgan fingerprint density at radius 1 is 1.29 bits per heavy atom. The molecule has 3 aromatic heterocycles. The second kappa shape index (κ2) is 5.85. The van der Waals surface area contributed by atoms with E-state index in [0.29, 0.717) is 5.89 Å². The smallest absolute Gasteiger partial charge is 0.226 e. The summed E-state index contributed by atoms with van der Waals surface area (Å²) in [4.78, 5) is 16.0. The largest absolute Gasteiger partial charge is 0.355 e. The van der Waals surface area contributed by atoms with Gasteiger partial charge in [-0.05, 0) is 19.8 Å². The number of aromatic nitrogens is 6. The molecule has 1 unspecified atom stereocenters. The lowest BCUT2D eigenvalue weighted by molar-refractivity contribution is 0.368. The molecule has 0 amide bonds. The van der Waals surface area contributed by atoms with Crippen molar-refractivity contribution in [2.24, 2.45) is 7.05 Å². The first-order valence-electron chi connectivity index (χ1n) is 8.39. The predicted octanol–water partition coefficient (Wildman–Crippen LogP) is 2.00. The molecule has 126 valence electrons. The molecule has 0 aliphatic carbocycles. The number of hydrogen-bond donors (Lipinski definition) is 0. The Labute approximate surface area is 139 Å². The molecule has 0 N–H and O–H groups in total. The Morgan fingerprint density at radius 3 is 2.96 bits per heavy atom. The molecule has 1 fully saturated rings. The van der Waals surface area contributed by atoms with E-state index in [1.165, 1.54) is 0 Å². The quantitative estimate of drug-likeness (QED) is 0.727. The number of hydrogen-bond acceptors (Lipinski definition) is 7. The molecule has 1 atom stereocenters. The van der Waals surface area contributed by atoms with Crippen molar-refractivity contribution in [1.82, 2.24) is 29.9 Å². The standard InChI is InChI=1S/C16H21N7O/c1-4-13-20-14(21-24-13)11-6-5-7-23(9-11)16-12-8-17-22(3)15(12)18-10(2)19-16/h8,11H,4-7,9H2,1-3H3. The maximum Gasteiger partial charge on any atom is 0.226 e. The van der Waals surface area contributed by atoms with Gasteiger partial charge in [-0.15, -0.1) is 0 Å². The van der Waals surface area contributed by atoms with Crippen LogP contribution in [0.2, 0.25) is 0 Å². The number of fused-ring (bicyclic) bond motifs is 1. The van der Waals surface area contributed by atoms with Gasteiger partial charge in [-0.1, -0.05) is 12.1 Å². The molecule has 3 aromatic rings. The van der Waals surface area contributed by atoms with Gasteiger partial charge in [0.1, 0.15) is 11.6 Å². The van der Waals surface area contributed by atoms with E-state index >= 15 is 0 Å². The highest BCUT2D eigenvalue weighted by molar-refractivity contribution is 5.87. The van der Waals surface area contributed by atoms with Crippen LogP contribution in [-0.2, 0) is 13.5 Å². The summed E-state index contributed by atoms with van der Waals surface area (Å²) in [5, 5.41) is 9.48. The minimum Gasteiger partial charge on any atom is -0.355 e. The monoisotopic (exact) mass is 327 g/mol. The Morgan fingerprint density at radius 2 is 2.17 bits per heavy atom. The second-order valence-electron chi connectivity index (χ2n) is 6.28. The fourth-order valence-corrected chi connectivity index (χ4v) is 3.31. The van der Waals surface area contributed by atoms with Crippen molar-refractivity contribution in [2.45, 2.75) is 39.0 Å². The van der Waals surface area contributed by atoms with E-state index in [1.54, 1.807) is 4.68 Å². The zero-order chi connectivity index (χ0) is 16.7. The van der Waals surface area contributed by atoms with Crippen molar-refractivity contribution in [3.8, 4) is 0 Å². The lowest BCUT2D eigenvalue weighted by Gasteiger charge is -2.32. The highest BCUT2D eigenvalue weighted by Crippen LogP contribution is 2.31. The molecule has 0 saturated carbocycles. The van der Waals surface area contributed by atoms with E-state index < -0.39 is 0 Å². The molecule has 4 heterocycles. The van der Waals surface area contributed by atoms with Gasteiger partial charge in [0.25, 0.3) is 0 Å². The zero-order valence-corrected chi connectivity index (χ0v) is 14.2. The van der Waals surface area contributed by atoms with Crippen LogP contribution in [0.15, 0.2) is 10.7 Å². The van der Waals surface area contributed by atoms with Crippen LogP contribution in [0.3, 0.4) is 0 Å². The van der Waals surface area contributed by atoms with E-state index in [1.807, 2.05) is 27.1 Å². The maximum absolute atomic E-state index is 5.28. The Bertz CT molecular complexity index is 869. The van der Waals surface area contributed by atoms with Gasteiger partial charge in [-0.2, -0.15) is 10.1 Å². The molecular formula is C16H21N7O. The van der Waals surface area contributed by atoms with E-state index in [-0.39, 0.29) is 5.92 Å². The summed E-state index contributed by atoms with van der Waals surface area (Å²) in [5.41, 5.74) is 0.868. The normalized spacial score (nSPS) is 18.5. The molecule has 0 radical (unpaired) electrons. The topological polar surface area (TPSA) is 85.8 Å². The fraction of sp³-hybridized carbons (Fsp3) is 0.562. The maximum atomic E-state index is 5.28. The fourth-order valence-electron chi connectivity index (χ4n) is 3.31. The summed E-state index contributed by atoms with van der Waals surface area (Å²) in [6.45, 7) is 5.75. The molecule has 0 bridgehead atoms. The summed E-state index contributed by atoms with van der Waals surface area (Å²) in [7, 11) is 1.91. The van der Waals surface area contributed by atoms with E-state index in [4.69, 9.17) is 4.52 Å². The van der Waals surface area contributed by atoms with Crippen LogP contribution in [0.1, 0.15) is 43.2 Å². The van der Waals surface area contributed by atoms with Crippen LogP contribution < -0.4 is 4.90 Å². The molecule has 1 saturated heterocycles. The summed E-state index contributed by atoms with van der Waals surface area (Å²) in [6.07, 6.45) is 4.76. The Kier molecular flexibility index (Phi) is 3.66. The third kappa shape index (κ3) is 2.51. The molecule has 8 heteroatoms. The lowest BCUT2D eigenvalue weighted by atomic mass is 9.97. The molecule has 0 spiro atoms. The van der Waals surface area contributed by atoms with Crippen LogP contribution in [0.5, 0.6) is 0 Å². The number of aryl methyl sites for hydroxylation is 3. The zero-order valence-electron chi connectivity index (χ0n) is 14.2. The van der Waals surface area contributed by atoms with Gasteiger partial charge in [-0.3, -0.25) is 4.68 Å². The number of piperidine rings is 1. The van der Waals surface area contributed by atoms with E-state index in [2.05, 4.69) is 30.1 Å². The van der Waals surface area contributed by atoms with Gasteiger partial charge in [0, 0.05) is 32.5 Å². The first-order valence-corrected chi connectivity index (χ1v) is 8.39. The van der Waals surface area contributed by atoms with Crippen LogP contribution in [0, 0.1) is 6.92 Å². The number of rotatable bonds is 3. The molecule has 1 aliphatic rings. The molecular weight excluding hydrogens is 306 g/mol. The van der Waals surface area contributed by atoms with Crippen LogP contribution in [-0.4, -0.2) is 43.0 Å². The molecule has 24 heavy (non-hydrogen) atoms. The Hall–Kier alpha value is -2.51. The van der Waals surface area contributed by atoms with Gasteiger partial charge >= 0.3 is 0 Å². The summed E-state index contributed by atoms with van der Waals surface area (Å²) in [5.74, 6) is 3.50. The SMILES string of the molecule is CCc1nc(C2CCCN(c3nc(C)nc4c3cnn4C)C2)no1. The van der Waals surface area contributed by atoms with Crippen LogP contribution in [0.25, 0.3) is 11.0 Å². The molecule has 8 nitrogen and oxygen atoms in total. The number of anilines is 1. The average Bonchev–Trinajstić information content (AvgIpc) is 3.22. The first kappa shape index (κ1) is 15.0. The second-order valence-corrected chi connectivity index (χ2v) is 6.28. The third-order valence-electron chi connectivity index (χ3n) is 4.56. The summed E-state index contributed by atoms with van der Waals surface area (Å²) >= 11 is 0. The third-order valence-corrected chi connectivity index (χ3v) is 4.56. The highest BCUT2D eigenvalue weighted by Gasteiger charge is 2.27. The van der Waals surface area contributed by atoms with E-state index in [9.17, 15) is 0 Å². The highest BCUT2D eigenvalue weighted by atomic mass is 16.5. The van der Waals surface area contributed by atoms with Crippen LogP contribution >= 0.6 is 0 Å². The van der Waals surface area contributed by atoms with Crippen molar-refractivity contribution < 1.29 is 4.52 Å². The summed E-state index contributed by atoms with van der Waals surface area (Å²) < 4.78 is 7.08. The van der Waals surface area contributed by atoms with Crippen molar-refractivity contribution in [3.05, 3.63) is 23.7 Å². The van der Waals surface area contributed by atoms with Crippen molar-refractivity contribution in [3.63, 3.8) is 0 Å². The molecule has 1 aliphatic heterocycles. The lowest BCUT2D eigenvalue weighted by Crippen LogP contribution is -2.35. The van der Waals surface area contributed by atoms with Gasteiger partial charge in [0.2, 0.25) is 5.89 Å². The predicted molar refractivity (Wildman–Crippen MR) is 88.9 cm³/mol. The van der Waals surface area contributed by atoms with Gasteiger partial charge in [0.05, 0.1) is 11.6 Å². The Balaban J connectivity index is 1.67. The van der Waals surface area contributed by atoms with Crippen molar-refractivity contribution >= 4 is 16.9 Å². The minimum atomic E-state index is 0.268. The minimum absolute atomic E-state index is 0.268. The van der Waals surface area contributed by atoms with Gasteiger partial charge in [0.15, 0.2) is 11.5 Å². The average molecular weight is 327 g/mol. The number of nitrogens with zero attached hydrogens (tertiary/aromatic N) is 7. The van der Waals surface area contributed by atoms with Gasteiger partial charge in [-0.25, -0.2) is 9.97 Å². The molecule has 4 rings (SSSR count). The molecule has 0 aromatic carbocycles. The van der Waals surface area contributed by atoms with Gasteiger partial charge < -0.3 is 9.42 Å². The van der Waals surface area contributed by atoms with Crippen molar-refractivity contribution in [1.29, 1.82) is 0 Å². The van der Waals surface area contributed by atoms with Crippen LogP contribution in [0.4, 0.5) is 5.82 Å². The summed E-state index contributed by atoms with van der Waals surface area (Å²) in [6, 6.07) is 0.